The second-order valence-corrected chi connectivity index (χ2v) is 9.10. The number of sulfonamides is 1. The van der Waals surface area contributed by atoms with Crippen molar-refractivity contribution in [2.24, 2.45) is 0 Å². The molecular weight excluding hydrogens is 446 g/mol. The average Bonchev–Trinajstić information content (AvgIpc) is 3.32. The molecule has 0 saturated carbocycles. The number of amides is 2. The molecule has 0 aromatic heterocycles. The molecule has 0 aliphatic carbocycles. The summed E-state index contributed by atoms with van der Waals surface area (Å²) < 4.78 is 31.3. The number of hydrogen-bond acceptors (Lipinski definition) is 6. The van der Waals surface area contributed by atoms with Gasteiger partial charge in [0.15, 0.2) is 6.61 Å². The van der Waals surface area contributed by atoms with Gasteiger partial charge < -0.3 is 4.74 Å². The van der Waals surface area contributed by atoms with Crippen LogP contribution in [0.2, 0.25) is 5.02 Å². The number of rotatable bonds is 6. The van der Waals surface area contributed by atoms with E-state index in [0.29, 0.717) is 18.1 Å². The lowest BCUT2D eigenvalue weighted by molar-refractivity contribution is -0.125. The summed E-state index contributed by atoms with van der Waals surface area (Å²) in [6.45, 7) is 0.332. The van der Waals surface area contributed by atoms with Crippen LogP contribution in [-0.4, -0.2) is 50.2 Å². The van der Waals surface area contributed by atoms with Gasteiger partial charge in [0.25, 0.3) is 11.8 Å². The highest BCUT2D eigenvalue weighted by Gasteiger charge is 2.27. The fourth-order valence-corrected chi connectivity index (χ4v) is 4.53. The van der Waals surface area contributed by atoms with E-state index in [9.17, 15) is 22.8 Å². The molecule has 11 heteroatoms. The van der Waals surface area contributed by atoms with Crippen LogP contribution in [0.15, 0.2) is 53.4 Å². The van der Waals surface area contributed by atoms with Crippen LogP contribution in [0.25, 0.3) is 0 Å². The molecule has 0 radical (unpaired) electrons. The molecule has 164 valence electrons. The summed E-state index contributed by atoms with van der Waals surface area (Å²) in [6, 6.07) is 11.3. The Labute approximate surface area is 184 Å². The number of carbonyl (C=O) groups is 3. The Hall–Kier alpha value is -2.95. The molecule has 9 nitrogen and oxygen atoms in total. The van der Waals surface area contributed by atoms with Crippen LogP contribution in [0.5, 0.6) is 0 Å². The second-order valence-electron chi connectivity index (χ2n) is 6.72. The lowest BCUT2D eigenvalue weighted by Gasteiger charge is -2.15. The number of carbonyl (C=O) groups excluding carboxylic acids is 3. The lowest BCUT2D eigenvalue weighted by Crippen LogP contribution is -2.43. The van der Waals surface area contributed by atoms with E-state index in [1.54, 1.807) is 0 Å². The molecule has 0 bridgehead atoms. The van der Waals surface area contributed by atoms with Crippen LogP contribution in [0, 0.1) is 0 Å². The van der Waals surface area contributed by atoms with Crippen LogP contribution in [0.1, 0.15) is 33.6 Å². The molecule has 0 spiro atoms. The molecule has 2 aromatic rings. The largest absolute Gasteiger partial charge is 0.452 e. The van der Waals surface area contributed by atoms with Crippen LogP contribution < -0.4 is 10.9 Å². The van der Waals surface area contributed by atoms with Crippen molar-refractivity contribution in [3.8, 4) is 0 Å². The number of benzene rings is 2. The minimum Gasteiger partial charge on any atom is -0.452 e. The minimum absolute atomic E-state index is 0.0913. The topological polar surface area (TPSA) is 122 Å². The molecule has 1 heterocycles. The smallest absolute Gasteiger partial charge is 0.338 e. The first-order valence-electron chi connectivity index (χ1n) is 9.39. The van der Waals surface area contributed by atoms with E-state index in [0.717, 1.165) is 12.8 Å². The third-order valence-electron chi connectivity index (χ3n) is 4.55. The van der Waals surface area contributed by atoms with Gasteiger partial charge in [0, 0.05) is 23.7 Å². The molecule has 1 fully saturated rings. The van der Waals surface area contributed by atoms with Crippen LogP contribution in [-0.2, 0) is 19.6 Å². The summed E-state index contributed by atoms with van der Waals surface area (Å²) in [5.41, 5.74) is 4.70. The Bertz CT molecular complexity index is 1070. The van der Waals surface area contributed by atoms with Crippen LogP contribution >= 0.6 is 11.6 Å². The zero-order valence-electron chi connectivity index (χ0n) is 16.3. The van der Waals surface area contributed by atoms with Gasteiger partial charge in [0.2, 0.25) is 10.0 Å². The maximum atomic E-state index is 12.5. The zero-order valence-corrected chi connectivity index (χ0v) is 17.9. The van der Waals surface area contributed by atoms with Crippen molar-refractivity contribution in [2.75, 3.05) is 19.7 Å². The zero-order chi connectivity index (χ0) is 22.4. The van der Waals surface area contributed by atoms with Gasteiger partial charge in [-0.15, -0.1) is 0 Å². The molecule has 2 aromatic carbocycles. The number of ether oxygens (including phenoxy) is 1. The van der Waals surface area contributed by atoms with Crippen molar-refractivity contribution in [3.05, 3.63) is 64.7 Å². The normalized spacial score (nSPS) is 14.1. The maximum absolute atomic E-state index is 12.5. The maximum Gasteiger partial charge on any atom is 0.338 e. The number of nitrogens with one attached hydrogen (secondary N) is 2. The molecule has 2 N–H and O–H groups in total. The van der Waals surface area contributed by atoms with E-state index >= 15 is 0 Å². The van der Waals surface area contributed by atoms with Crippen molar-refractivity contribution < 1.29 is 27.5 Å². The standard InChI is InChI=1S/C20H20ClN3O6S/c21-16-7-3-14(4-8-16)19(26)23-22-18(25)13-30-20(27)15-5-9-17(10-6-15)31(28,29)24-11-1-2-12-24/h3-10H,1-2,11-13H2,(H,22,25)(H,23,26). The Morgan fingerprint density at radius 3 is 2.10 bits per heavy atom. The van der Waals surface area contributed by atoms with E-state index in [1.807, 2.05) is 0 Å². The first-order chi connectivity index (χ1) is 14.8. The Morgan fingerprint density at radius 2 is 1.48 bits per heavy atom. The molecule has 3 rings (SSSR count). The van der Waals surface area contributed by atoms with E-state index in [1.165, 1.54) is 52.8 Å². The summed E-state index contributed by atoms with van der Waals surface area (Å²) in [5.74, 6) is -2.11. The van der Waals surface area contributed by atoms with Gasteiger partial charge >= 0.3 is 5.97 Å². The van der Waals surface area contributed by atoms with Crippen molar-refractivity contribution in [2.45, 2.75) is 17.7 Å². The summed E-state index contributed by atoms with van der Waals surface area (Å²) in [6.07, 6.45) is 1.65. The quantitative estimate of drug-likeness (QED) is 0.495. The number of esters is 1. The number of hydrogen-bond donors (Lipinski definition) is 2. The molecule has 1 aliphatic heterocycles. The van der Waals surface area contributed by atoms with Gasteiger partial charge in [0.05, 0.1) is 10.5 Å². The molecule has 0 unspecified atom stereocenters. The highest BCUT2D eigenvalue weighted by Crippen LogP contribution is 2.21. The molecule has 0 atom stereocenters. The van der Waals surface area contributed by atoms with E-state index in [4.69, 9.17) is 16.3 Å². The first kappa shape index (κ1) is 22.7. The van der Waals surface area contributed by atoms with E-state index in [2.05, 4.69) is 10.9 Å². The molecular formula is C20H20ClN3O6S. The van der Waals surface area contributed by atoms with Gasteiger partial charge in [-0.3, -0.25) is 20.4 Å². The fourth-order valence-electron chi connectivity index (χ4n) is 2.89. The van der Waals surface area contributed by atoms with Crippen molar-refractivity contribution in [3.63, 3.8) is 0 Å². The van der Waals surface area contributed by atoms with Crippen LogP contribution in [0.4, 0.5) is 0 Å². The second kappa shape index (κ2) is 9.90. The average molecular weight is 466 g/mol. The molecule has 1 aliphatic rings. The Balaban J connectivity index is 1.48. The summed E-state index contributed by atoms with van der Waals surface area (Å²) in [7, 11) is -3.58. The van der Waals surface area contributed by atoms with Gasteiger partial charge in [-0.2, -0.15) is 4.31 Å². The van der Waals surface area contributed by atoms with Gasteiger partial charge in [-0.1, -0.05) is 11.6 Å². The number of hydrazine groups is 1. The molecule has 31 heavy (non-hydrogen) atoms. The van der Waals surface area contributed by atoms with Crippen LogP contribution in [0.3, 0.4) is 0 Å². The predicted octanol–water partition coefficient (Wildman–Crippen LogP) is 1.74. The monoisotopic (exact) mass is 465 g/mol. The number of nitrogens with zero attached hydrogens (tertiary/aromatic N) is 1. The van der Waals surface area contributed by atoms with E-state index < -0.39 is 34.4 Å². The van der Waals surface area contributed by atoms with Crippen molar-refractivity contribution in [1.82, 2.24) is 15.2 Å². The Morgan fingerprint density at radius 1 is 0.903 bits per heavy atom. The minimum atomic E-state index is -3.58. The summed E-state index contributed by atoms with van der Waals surface area (Å²) in [4.78, 5) is 35.9. The highest BCUT2D eigenvalue weighted by atomic mass is 35.5. The Kier molecular flexibility index (Phi) is 7.26. The summed E-state index contributed by atoms with van der Waals surface area (Å²) >= 11 is 5.74. The van der Waals surface area contributed by atoms with E-state index in [-0.39, 0.29) is 16.0 Å². The fraction of sp³-hybridized carbons (Fsp3) is 0.250. The van der Waals surface area contributed by atoms with Gasteiger partial charge in [-0.05, 0) is 61.4 Å². The molecule has 1 saturated heterocycles. The predicted molar refractivity (Wildman–Crippen MR) is 112 cm³/mol. The summed E-state index contributed by atoms with van der Waals surface area (Å²) in [5, 5.41) is 0.467. The van der Waals surface area contributed by atoms with Gasteiger partial charge in [0.1, 0.15) is 0 Å². The van der Waals surface area contributed by atoms with Gasteiger partial charge in [-0.25, -0.2) is 13.2 Å². The van der Waals surface area contributed by atoms with Crippen molar-refractivity contribution in [1.29, 1.82) is 0 Å². The molecule has 2 amide bonds. The third kappa shape index (κ3) is 5.81. The number of halogens is 1. The third-order valence-corrected chi connectivity index (χ3v) is 6.71. The van der Waals surface area contributed by atoms with Crippen molar-refractivity contribution >= 4 is 39.4 Å². The highest BCUT2D eigenvalue weighted by molar-refractivity contribution is 7.89. The lowest BCUT2D eigenvalue weighted by atomic mass is 10.2. The SMILES string of the molecule is O=C(COC(=O)c1ccc(S(=O)(=O)N2CCCC2)cc1)NNC(=O)c1ccc(Cl)cc1. The first-order valence-corrected chi connectivity index (χ1v) is 11.2.